The zero-order chi connectivity index (χ0) is 23.9. The Balaban J connectivity index is 1.42. The molecular formula is C23H26F2N4O3S. The number of nitrogens with zero attached hydrogens (tertiary/aromatic N) is 3. The van der Waals surface area contributed by atoms with Crippen LogP contribution in [0, 0.1) is 18.6 Å². The van der Waals surface area contributed by atoms with E-state index in [4.69, 9.17) is 4.74 Å². The number of imidazole rings is 1. The Bertz CT molecular complexity index is 1210. The van der Waals surface area contributed by atoms with E-state index in [-0.39, 0.29) is 28.2 Å². The summed E-state index contributed by atoms with van der Waals surface area (Å²) in [5.74, 6) is -1.77. The predicted molar refractivity (Wildman–Crippen MR) is 122 cm³/mol. The lowest BCUT2D eigenvalue weighted by Gasteiger charge is -2.33. The van der Waals surface area contributed by atoms with Gasteiger partial charge in [-0.2, -0.15) is 0 Å². The van der Waals surface area contributed by atoms with Crippen LogP contribution in [0.5, 0.6) is 0 Å². The van der Waals surface area contributed by atoms with Gasteiger partial charge in [0.05, 0.1) is 11.4 Å². The molecule has 7 nitrogen and oxygen atoms in total. The maximum Gasteiger partial charge on any atom is 0.410 e. The lowest BCUT2D eigenvalue weighted by molar-refractivity contribution is 0.0205. The largest absolute Gasteiger partial charge is 0.444 e. The molecule has 0 spiro atoms. The number of rotatable bonds is 3. The molecule has 0 atom stereocenters. The van der Waals surface area contributed by atoms with Gasteiger partial charge in [-0.15, -0.1) is 11.3 Å². The molecule has 3 aromatic rings. The van der Waals surface area contributed by atoms with E-state index < -0.39 is 23.1 Å². The van der Waals surface area contributed by atoms with Crippen molar-refractivity contribution >= 4 is 34.7 Å². The first kappa shape index (κ1) is 23.2. The molecule has 1 aliphatic rings. The van der Waals surface area contributed by atoms with Gasteiger partial charge < -0.3 is 19.4 Å². The van der Waals surface area contributed by atoms with E-state index in [0.29, 0.717) is 31.6 Å². The average molecular weight is 477 g/mol. The second kappa shape index (κ2) is 8.74. The topological polar surface area (TPSA) is 75.9 Å². The first-order valence-electron chi connectivity index (χ1n) is 10.7. The van der Waals surface area contributed by atoms with Gasteiger partial charge >= 0.3 is 6.09 Å². The molecular weight excluding hydrogens is 450 g/mol. The van der Waals surface area contributed by atoms with Crippen LogP contribution in [0.4, 0.5) is 19.3 Å². The summed E-state index contributed by atoms with van der Waals surface area (Å²) in [7, 11) is 0. The van der Waals surface area contributed by atoms with E-state index in [0.717, 1.165) is 16.2 Å². The highest BCUT2D eigenvalue weighted by molar-refractivity contribution is 7.14. The molecule has 4 heterocycles. The molecule has 4 rings (SSSR count). The second-order valence-electron chi connectivity index (χ2n) is 9.21. The first-order valence-corrected chi connectivity index (χ1v) is 11.5. The molecule has 0 aromatic carbocycles. The van der Waals surface area contributed by atoms with Crippen LogP contribution in [-0.2, 0) is 4.74 Å². The van der Waals surface area contributed by atoms with Gasteiger partial charge in [-0.05, 0) is 52.5 Å². The summed E-state index contributed by atoms with van der Waals surface area (Å²) in [5.41, 5.74) is 0.455. The van der Waals surface area contributed by atoms with E-state index in [1.165, 1.54) is 22.7 Å². The summed E-state index contributed by atoms with van der Waals surface area (Å²) in [6.07, 6.45) is 4.14. The summed E-state index contributed by atoms with van der Waals surface area (Å²) in [5, 5.41) is 2.57. The minimum Gasteiger partial charge on any atom is -0.444 e. The Hall–Kier alpha value is -3.01. The number of carbonyl (C=O) groups is 2. The average Bonchev–Trinajstić information content (AvgIpc) is 3.29. The van der Waals surface area contributed by atoms with Crippen molar-refractivity contribution in [2.24, 2.45) is 0 Å². The molecule has 33 heavy (non-hydrogen) atoms. The fraction of sp³-hybridized carbons (Fsp3) is 0.435. The van der Waals surface area contributed by atoms with E-state index in [9.17, 15) is 18.4 Å². The maximum atomic E-state index is 14.6. The third-order valence-electron chi connectivity index (χ3n) is 5.35. The zero-order valence-corrected chi connectivity index (χ0v) is 19.8. The normalized spacial score (nSPS) is 15.2. The van der Waals surface area contributed by atoms with Crippen molar-refractivity contribution in [2.75, 3.05) is 18.4 Å². The number of aromatic nitrogens is 2. The van der Waals surface area contributed by atoms with E-state index >= 15 is 0 Å². The number of pyridine rings is 1. The van der Waals surface area contributed by atoms with Gasteiger partial charge in [-0.25, -0.2) is 18.6 Å². The molecule has 1 N–H and O–H groups in total. The summed E-state index contributed by atoms with van der Waals surface area (Å²) < 4.78 is 35.8. The van der Waals surface area contributed by atoms with Gasteiger partial charge in [0.15, 0.2) is 11.5 Å². The second-order valence-corrected chi connectivity index (χ2v) is 10.3. The Morgan fingerprint density at radius 1 is 1.15 bits per heavy atom. The number of thiophene rings is 1. The molecule has 0 aliphatic carbocycles. The summed E-state index contributed by atoms with van der Waals surface area (Å²) in [6.45, 7) is 8.21. The third kappa shape index (κ3) is 5.16. The molecule has 2 amide bonds. The number of anilines is 1. The van der Waals surface area contributed by atoms with Crippen LogP contribution < -0.4 is 5.32 Å². The number of aryl methyl sites for hydroxylation is 1. The molecule has 1 fully saturated rings. The van der Waals surface area contributed by atoms with Gasteiger partial charge in [-0.1, -0.05) is 0 Å². The van der Waals surface area contributed by atoms with Crippen molar-refractivity contribution in [3.8, 4) is 0 Å². The number of fused-ring (bicyclic) bond motifs is 1. The maximum absolute atomic E-state index is 14.6. The van der Waals surface area contributed by atoms with Crippen molar-refractivity contribution in [3.63, 3.8) is 0 Å². The molecule has 0 unspecified atom stereocenters. The molecule has 0 radical (unpaired) electrons. The number of carbonyl (C=O) groups excluding carboxylic acids is 2. The van der Waals surface area contributed by atoms with Gasteiger partial charge in [0, 0.05) is 36.4 Å². The van der Waals surface area contributed by atoms with Crippen molar-refractivity contribution in [3.05, 3.63) is 51.6 Å². The van der Waals surface area contributed by atoms with Crippen LogP contribution in [0.2, 0.25) is 0 Å². The van der Waals surface area contributed by atoms with E-state index in [2.05, 4.69) is 10.3 Å². The molecule has 176 valence electrons. The zero-order valence-electron chi connectivity index (χ0n) is 18.9. The first-order chi connectivity index (χ1) is 15.5. The van der Waals surface area contributed by atoms with Crippen LogP contribution in [0.25, 0.3) is 5.65 Å². The number of likely N-dealkylation sites (tertiary alicyclic amines) is 1. The number of piperidine rings is 1. The predicted octanol–water partition coefficient (Wildman–Crippen LogP) is 5.35. The van der Waals surface area contributed by atoms with Gasteiger partial charge in [0.2, 0.25) is 0 Å². The lowest BCUT2D eigenvalue weighted by atomic mass is 9.95. The molecule has 0 bridgehead atoms. The van der Waals surface area contributed by atoms with Crippen LogP contribution in [0.1, 0.15) is 59.8 Å². The minimum atomic E-state index is -0.634. The quantitative estimate of drug-likeness (QED) is 0.553. The van der Waals surface area contributed by atoms with Gasteiger partial charge in [0.25, 0.3) is 5.91 Å². The molecule has 10 heteroatoms. The van der Waals surface area contributed by atoms with E-state index in [1.54, 1.807) is 18.0 Å². The SMILES string of the molecule is Cc1cn2cc(NC(=O)c3sc(C4CCN(C(=O)OC(C)(C)C)CC4)cc3F)cc(F)c2n1. The highest BCUT2D eigenvalue weighted by atomic mass is 32.1. The molecule has 0 saturated carbocycles. The van der Waals surface area contributed by atoms with E-state index in [1.807, 2.05) is 20.8 Å². The highest BCUT2D eigenvalue weighted by Crippen LogP contribution is 2.35. The number of hydrogen-bond acceptors (Lipinski definition) is 5. The van der Waals surface area contributed by atoms with Crippen molar-refractivity contribution < 1.29 is 23.1 Å². The van der Waals surface area contributed by atoms with Crippen molar-refractivity contribution in [2.45, 2.75) is 52.1 Å². The highest BCUT2D eigenvalue weighted by Gasteiger charge is 2.29. The van der Waals surface area contributed by atoms with Crippen LogP contribution in [0.3, 0.4) is 0 Å². The number of halogens is 2. The van der Waals surface area contributed by atoms with Gasteiger partial charge in [0.1, 0.15) is 16.3 Å². The van der Waals surface area contributed by atoms with Crippen LogP contribution in [0.15, 0.2) is 24.5 Å². The smallest absolute Gasteiger partial charge is 0.410 e. The Kier molecular flexibility index (Phi) is 6.13. The van der Waals surface area contributed by atoms with Gasteiger partial charge in [-0.3, -0.25) is 4.79 Å². The Morgan fingerprint density at radius 2 is 1.85 bits per heavy atom. The number of hydrogen-bond donors (Lipinski definition) is 1. The number of nitrogens with one attached hydrogen (secondary N) is 1. The van der Waals surface area contributed by atoms with Crippen molar-refractivity contribution in [1.29, 1.82) is 0 Å². The Morgan fingerprint density at radius 3 is 2.52 bits per heavy atom. The lowest BCUT2D eigenvalue weighted by Crippen LogP contribution is -2.41. The standard InChI is InChI=1S/C23H26F2N4O3S/c1-13-11-29-12-15(9-17(25)20(29)26-13)27-21(30)19-16(24)10-18(33-19)14-5-7-28(8-6-14)22(31)32-23(2,3)4/h9-12,14H,5-8H2,1-4H3,(H,27,30). The number of ether oxygens (including phenoxy) is 1. The minimum absolute atomic E-state index is 0.0486. The summed E-state index contributed by atoms with van der Waals surface area (Å²) in [4.78, 5) is 31.4. The Labute approximate surface area is 194 Å². The molecule has 1 saturated heterocycles. The molecule has 1 aliphatic heterocycles. The fourth-order valence-electron chi connectivity index (χ4n) is 3.85. The monoisotopic (exact) mass is 476 g/mol. The third-order valence-corrected chi connectivity index (χ3v) is 6.62. The number of amides is 2. The fourth-order valence-corrected chi connectivity index (χ4v) is 4.95. The van der Waals surface area contributed by atoms with Crippen LogP contribution >= 0.6 is 11.3 Å². The molecule has 3 aromatic heterocycles. The van der Waals surface area contributed by atoms with Crippen molar-refractivity contribution in [1.82, 2.24) is 14.3 Å². The summed E-state index contributed by atoms with van der Waals surface area (Å²) >= 11 is 1.09. The van der Waals surface area contributed by atoms with Crippen LogP contribution in [-0.4, -0.2) is 45.0 Å². The summed E-state index contributed by atoms with van der Waals surface area (Å²) in [6, 6.07) is 2.55.